The van der Waals surface area contributed by atoms with Crippen LogP contribution in [0.25, 0.3) is 0 Å². The molecule has 0 aliphatic carbocycles. The monoisotopic (exact) mass is 403 g/mol. The number of ether oxygens (including phenoxy) is 1. The second-order valence-electron chi connectivity index (χ2n) is 6.56. The summed E-state index contributed by atoms with van der Waals surface area (Å²) in [6.07, 6.45) is 0. The number of aryl methyl sites for hydroxylation is 1. The Morgan fingerprint density at radius 2 is 1.86 bits per heavy atom. The number of hydrogen-bond acceptors (Lipinski definition) is 4. The van der Waals surface area contributed by atoms with E-state index in [0.717, 1.165) is 11.1 Å². The number of carbonyl (C=O) groups is 2. The summed E-state index contributed by atoms with van der Waals surface area (Å²) in [7, 11) is 0. The summed E-state index contributed by atoms with van der Waals surface area (Å²) >= 11 is 6.41. The molecule has 1 aliphatic rings. The molecule has 0 radical (unpaired) electrons. The fourth-order valence-electron chi connectivity index (χ4n) is 3.02. The predicted molar refractivity (Wildman–Crippen MR) is 106 cm³/mol. The maximum atomic E-state index is 13.2. The van der Waals surface area contributed by atoms with Gasteiger partial charge in [0.2, 0.25) is 0 Å². The van der Waals surface area contributed by atoms with E-state index >= 15 is 0 Å². The fourth-order valence-corrected chi connectivity index (χ4v) is 3.24. The molecule has 0 bridgehead atoms. The topological polar surface area (TPSA) is 82.1 Å². The Hall–Kier alpha value is -2.61. The molecule has 8 heteroatoms. The maximum absolute atomic E-state index is 13.2. The third kappa shape index (κ3) is 4.62. The van der Waals surface area contributed by atoms with Crippen LogP contribution in [-0.2, 0) is 11.3 Å². The Labute approximate surface area is 168 Å². The van der Waals surface area contributed by atoms with Gasteiger partial charge in [0.15, 0.2) is 0 Å². The molecule has 3 amide bonds. The van der Waals surface area contributed by atoms with Crippen LogP contribution in [0.2, 0.25) is 5.02 Å². The molecule has 28 heavy (non-hydrogen) atoms. The van der Waals surface area contributed by atoms with E-state index in [4.69, 9.17) is 21.5 Å². The van der Waals surface area contributed by atoms with Gasteiger partial charge in [-0.05, 0) is 42.3 Å². The molecule has 0 unspecified atom stereocenters. The largest absolute Gasteiger partial charge is 0.378 e. The summed E-state index contributed by atoms with van der Waals surface area (Å²) < 4.78 is 5.35. The molecule has 7 nitrogen and oxygen atoms in total. The molecule has 2 aromatic rings. The highest BCUT2D eigenvalue weighted by Crippen LogP contribution is 2.29. The first-order valence-corrected chi connectivity index (χ1v) is 9.31. The van der Waals surface area contributed by atoms with Gasteiger partial charge >= 0.3 is 6.03 Å². The summed E-state index contributed by atoms with van der Waals surface area (Å²) in [6.45, 7) is 4.29. The van der Waals surface area contributed by atoms with Gasteiger partial charge in [-0.2, -0.15) is 0 Å². The summed E-state index contributed by atoms with van der Waals surface area (Å²) in [5.41, 5.74) is 4.38. The average molecular weight is 404 g/mol. The molecule has 3 rings (SSSR count). The second-order valence-corrected chi connectivity index (χ2v) is 6.97. The molecule has 0 saturated carbocycles. The molecule has 1 fully saturated rings. The van der Waals surface area contributed by atoms with E-state index in [-0.39, 0.29) is 6.03 Å². The molecular weight excluding hydrogens is 382 g/mol. The lowest BCUT2D eigenvalue weighted by atomic mass is 10.1. The number of rotatable bonds is 4. The van der Waals surface area contributed by atoms with E-state index in [2.05, 4.69) is 0 Å². The number of halogens is 1. The molecule has 0 spiro atoms. The van der Waals surface area contributed by atoms with Crippen molar-refractivity contribution >= 4 is 29.2 Å². The quantitative estimate of drug-likeness (QED) is 0.606. The lowest BCUT2D eigenvalue weighted by Crippen LogP contribution is -2.48. The Morgan fingerprint density at radius 1 is 1.18 bits per heavy atom. The molecular formula is C20H22ClN3O4. The SMILES string of the molecule is Cc1ccc(Cl)c(N(Cc2ccc(C(=O)NO)cc2)C(=O)N2CCOCC2)c1. The van der Waals surface area contributed by atoms with Gasteiger partial charge in [0.25, 0.3) is 5.91 Å². The first kappa shape index (κ1) is 20.1. The highest BCUT2D eigenvalue weighted by atomic mass is 35.5. The Kier molecular flexibility index (Phi) is 6.51. The van der Waals surface area contributed by atoms with E-state index in [0.29, 0.717) is 49.1 Å². The highest BCUT2D eigenvalue weighted by molar-refractivity contribution is 6.33. The summed E-state index contributed by atoms with van der Waals surface area (Å²) in [4.78, 5) is 28.1. The first-order chi connectivity index (χ1) is 13.5. The zero-order valence-corrected chi connectivity index (χ0v) is 16.3. The van der Waals surface area contributed by atoms with E-state index in [1.54, 1.807) is 45.6 Å². The van der Waals surface area contributed by atoms with E-state index in [1.165, 1.54) is 0 Å². The van der Waals surface area contributed by atoms with E-state index in [9.17, 15) is 9.59 Å². The van der Waals surface area contributed by atoms with Gasteiger partial charge in [-0.15, -0.1) is 0 Å². The predicted octanol–water partition coefficient (Wildman–Crippen LogP) is 3.23. The zero-order chi connectivity index (χ0) is 20.1. The Morgan fingerprint density at radius 3 is 2.50 bits per heavy atom. The van der Waals surface area contributed by atoms with Crippen molar-refractivity contribution in [1.29, 1.82) is 0 Å². The average Bonchev–Trinajstić information content (AvgIpc) is 2.74. The van der Waals surface area contributed by atoms with Crippen LogP contribution < -0.4 is 10.4 Å². The molecule has 1 aliphatic heterocycles. The van der Waals surface area contributed by atoms with Crippen LogP contribution in [0.15, 0.2) is 42.5 Å². The van der Waals surface area contributed by atoms with Crippen molar-refractivity contribution in [2.45, 2.75) is 13.5 Å². The van der Waals surface area contributed by atoms with Gasteiger partial charge in [-0.3, -0.25) is 14.9 Å². The number of hydrogen-bond donors (Lipinski definition) is 2. The minimum Gasteiger partial charge on any atom is -0.378 e. The Bertz CT molecular complexity index is 851. The van der Waals surface area contributed by atoms with Gasteiger partial charge in [0.05, 0.1) is 30.5 Å². The number of urea groups is 1. The van der Waals surface area contributed by atoms with Gasteiger partial charge in [-0.1, -0.05) is 29.8 Å². The van der Waals surface area contributed by atoms with Crippen molar-refractivity contribution in [2.75, 3.05) is 31.2 Å². The van der Waals surface area contributed by atoms with Crippen molar-refractivity contribution in [3.05, 3.63) is 64.2 Å². The summed E-state index contributed by atoms with van der Waals surface area (Å²) in [6, 6.07) is 12.1. The number of morpholine rings is 1. The number of nitrogens with zero attached hydrogens (tertiary/aromatic N) is 2. The van der Waals surface area contributed by atoms with Gasteiger partial charge in [0.1, 0.15) is 0 Å². The number of benzene rings is 2. The number of anilines is 1. The van der Waals surface area contributed by atoms with Gasteiger partial charge in [-0.25, -0.2) is 10.3 Å². The van der Waals surface area contributed by atoms with Crippen molar-refractivity contribution in [3.8, 4) is 0 Å². The summed E-state index contributed by atoms with van der Waals surface area (Å²) in [5.74, 6) is -0.588. The molecule has 0 atom stereocenters. The van der Waals surface area contributed by atoms with E-state index in [1.807, 2.05) is 19.1 Å². The van der Waals surface area contributed by atoms with Crippen LogP contribution in [0.4, 0.5) is 10.5 Å². The number of amides is 3. The van der Waals surface area contributed by atoms with Crippen molar-refractivity contribution in [3.63, 3.8) is 0 Å². The molecule has 148 valence electrons. The molecule has 0 aromatic heterocycles. The second kappa shape index (κ2) is 9.05. The summed E-state index contributed by atoms with van der Waals surface area (Å²) in [5, 5.41) is 9.23. The van der Waals surface area contributed by atoms with Crippen LogP contribution in [0, 0.1) is 6.92 Å². The van der Waals surface area contributed by atoms with Crippen LogP contribution in [0.1, 0.15) is 21.5 Å². The van der Waals surface area contributed by atoms with Crippen LogP contribution >= 0.6 is 11.6 Å². The van der Waals surface area contributed by atoms with Crippen molar-refractivity contribution in [1.82, 2.24) is 10.4 Å². The molecule has 2 N–H and O–H groups in total. The fraction of sp³-hybridized carbons (Fsp3) is 0.300. The van der Waals surface area contributed by atoms with Crippen LogP contribution in [-0.4, -0.2) is 48.3 Å². The molecule has 1 heterocycles. The van der Waals surface area contributed by atoms with Gasteiger partial charge < -0.3 is 9.64 Å². The van der Waals surface area contributed by atoms with Crippen LogP contribution in [0.3, 0.4) is 0 Å². The zero-order valence-electron chi connectivity index (χ0n) is 15.5. The molecule has 2 aromatic carbocycles. The minimum absolute atomic E-state index is 0.145. The highest BCUT2D eigenvalue weighted by Gasteiger charge is 2.26. The lowest BCUT2D eigenvalue weighted by molar-refractivity contribution is 0.0548. The third-order valence-electron chi connectivity index (χ3n) is 4.56. The van der Waals surface area contributed by atoms with Crippen molar-refractivity contribution in [2.24, 2.45) is 0 Å². The first-order valence-electron chi connectivity index (χ1n) is 8.93. The lowest BCUT2D eigenvalue weighted by Gasteiger charge is -2.33. The van der Waals surface area contributed by atoms with Gasteiger partial charge in [0, 0.05) is 18.7 Å². The third-order valence-corrected chi connectivity index (χ3v) is 4.88. The standard InChI is InChI=1S/C20H22ClN3O4/c1-14-2-7-17(21)18(12-14)24(20(26)23-8-10-28-11-9-23)13-15-3-5-16(6-4-15)19(25)22-27/h2-7,12,27H,8-11,13H2,1H3,(H,22,25). The minimum atomic E-state index is -0.588. The smallest absolute Gasteiger partial charge is 0.325 e. The normalized spacial score (nSPS) is 13.9. The number of hydroxylamine groups is 1. The molecule has 1 saturated heterocycles. The van der Waals surface area contributed by atoms with Crippen molar-refractivity contribution < 1.29 is 19.5 Å². The number of nitrogens with one attached hydrogen (secondary N) is 1. The van der Waals surface area contributed by atoms with Crippen LogP contribution in [0.5, 0.6) is 0 Å². The maximum Gasteiger partial charge on any atom is 0.325 e. The van der Waals surface area contributed by atoms with E-state index < -0.39 is 5.91 Å². The Balaban J connectivity index is 1.90. The number of carbonyl (C=O) groups excluding carboxylic acids is 2.